The summed E-state index contributed by atoms with van der Waals surface area (Å²) in [5.74, 6) is 0. The third-order valence-electron chi connectivity index (χ3n) is 4.67. The second-order valence-corrected chi connectivity index (χ2v) is 6.07. The van der Waals surface area contributed by atoms with Crippen LogP contribution in [0.3, 0.4) is 0 Å². The van der Waals surface area contributed by atoms with E-state index in [1.165, 1.54) is 43.0 Å². The molecule has 1 heterocycles. The van der Waals surface area contributed by atoms with E-state index in [1.54, 1.807) is 0 Å². The molecule has 21 heavy (non-hydrogen) atoms. The summed E-state index contributed by atoms with van der Waals surface area (Å²) in [6.07, 6.45) is 6.50. The van der Waals surface area contributed by atoms with Crippen LogP contribution in [0.4, 0.5) is 0 Å². The average Bonchev–Trinajstić information content (AvgIpc) is 2.85. The first-order valence-corrected chi connectivity index (χ1v) is 8.05. The topological polar surface area (TPSA) is 41.3 Å². The molecule has 1 fully saturated rings. The summed E-state index contributed by atoms with van der Waals surface area (Å²) < 4.78 is 1.96. The standard InChI is InChI=1S/C17H25N3O/c1-19-17-10-6-5-9-15(17)16(18-19)13-20(11-12-21)14-7-3-2-4-8-14/h5-6,9-10,14,21H,2-4,7-8,11-13H2,1H3. The van der Waals surface area contributed by atoms with E-state index in [4.69, 9.17) is 5.10 Å². The van der Waals surface area contributed by atoms with Crippen LogP contribution < -0.4 is 0 Å². The van der Waals surface area contributed by atoms with Crippen LogP contribution in [-0.2, 0) is 13.6 Å². The Hall–Kier alpha value is -1.39. The van der Waals surface area contributed by atoms with Gasteiger partial charge in [-0.1, -0.05) is 37.5 Å². The van der Waals surface area contributed by atoms with Crippen molar-refractivity contribution < 1.29 is 5.11 Å². The minimum atomic E-state index is 0.223. The molecule has 0 spiro atoms. The summed E-state index contributed by atoms with van der Waals surface area (Å²) in [5, 5.41) is 15.3. The van der Waals surface area contributed by atoms with Crippen molar-refractivity contribution in [1.29, 1.82) is 0 Å². The first-order chi connectivity index (χ1) is 10.3. The van der Waals surface area contributed by atoms with Gasteiger partial charge in [0.05, 0.1) is 17.8 Å². The Morgan fingerprint density at radius 3 is 2.76 bits per heavy atom. The SMILES string of the molecule is Cn1nc(CN(CCO)C2CCCCC2)c2ccccc21. The molecule has 0 radical (unpaired) electrons. The van der Waals surface area contributed by atoms with Crippen molar-refractivity contribution in [1.82, 2.24) is 14.7 Å². The van der Waals surface area contributed by atoms with Crippen LogP contribution in [0, 0.1) is 0 Å². The van der Waals surface area contributed by atoms with Gasteiger partial charge in [0, 0.05) is 31.6 Å². The average molecular weight is 287 g/mol. The number of fused-ring (bicyclic) bond motifs is 1. The van der Waals surface area contributed by atoms with Crippen LogP contribution in [0.15, 0.2) is 24.3 Å². The number of benzene rings is 1. The molecule has 1 aromatic carbocycles. The summed E-state index contributed by atoms with van der Waals surface area (Å²) in [6, 6.07) is 9.00. The molecule has 1 aliphatic carbocycles. The Bertz CT molecular complexity index is 587. The van der Waals surface area contributed by atoms with Crippen molar-refractivity contribution in [2.24, 2.45) is 7.05 Å². The molecule has 1 aromatic heterocycles. The molecule has 3 rings (SSSR count). The van der Waals surface area contributed by atoms with E-state index in [2.05, 4.69) is 29.2 Å². The first-order valence-electron chi connectivity index (χ1n) is 8.05. The molecule has 0 atom stereocenters. The molecular formula is C17H25N3O. The van der Waals surface area contributed by atoms with E-state index in [-0.39, 0.29) is 6.61 Å². The monoisotopic (exact) mass is 287 g/mol. The van der Waals surface area contributed by atoms with E-state index in [0.29, 0.717) is 6.04 Å². The molecule has 0 aliphatic heterocycles. The number of hydrogen-bond acceptors (Lipinski definition) is 3. The number of nitrogens with zero attached hydrogens (tertiary/aromatic N) is 3. The number of aliphatic hydroxyl groups excluding tert-OH is 1. The van der Waals surface area contributed by atoms with Crippen LogP contribution in [0.1, 0.15) is 37.8 Å². The molecule has 0 saturated heterocycles. The Balaban J connectivity index is 1.83. The normalized spacial score (nSPS) is 16.9. The lowest BCUT2D eigenvalue weighted by molar-refractivity contribution is 0.116. The van der Waals surface area contributed by atoms with Gasteiger partial charge in [-0.05, 0) is 18.9 Å². The fourth-order valence-corrected chi connectivity index (χ4v) is 3.56. The van der Waals surface area contributed by atoms with Gasteiger partial charge in [0.1, 0.15) is 0 Å². The molecule has 4 heteroatoms. The molecule has 0 amide bonds. The maximum Gasteiger partial charge on any atom is 0.0843 e. The smallest absolute Gasteiger partial charge is 0.0843 e. The number of rotatable bonds is 5. The fourth-order valence-electron chi connectivity index (χ4n) is 3.56. The highest BCUT2D eigenvalue weighted by Crippen LogP contribution is 2.25. The zero-order chi connectivity index (χ0) is 14.7. The minimum Gasteiger partial charge on any atom is -0.395 e. The van der Waals surface area contributed by atoms with Crippen molar-refractivity contribution >= 4 is 10.9 Å². The quantitative estimate of drug-likeness (QED) is 0.919. The van der Waals surface area contributed by atoms with Crippen LogP contribution in [0.5, 0.6) is 0 Å². The van der Waals surface area contributed by atoms with Gasteiger partial charge in [0.15, 0.2) is 0 Å². The van der Waals surface area contributed by atoms with Crippen LogP contribution in [0.25, 0.3) is 10.9 Å². The Labute approximate surface area is 126 Å². The van der Waals surface area contributed by atoms with Gasteiger partial charge in [0.25, 0.3) is 0 Å². The largest absolute Gasteiger partial charge is 0.395 e. The predicted molar refractivity (Wildman–Crippen MR) is 85.1 cm³/mol. The van der Waals surface area contributed by atoms with E-state index in [1.807, 2.05) is 11.7 Å². The van der Waals surface area contributed by atoms with E-state index >= 15 is 0 Å². The van der Waals surface area contributed by atoms with Gasteiger partial charge in [-0.15, -0.1) is 0 Å². The number of aromatic nitrogens is 2. The zero-order valence-corrected chi connectivity index (χ0v) is 12.8. The van der Waals surface area contributed by atoms with E-state index in [9.17, 15) is 5.11 Å². The lowest BCUT2D eigenvalue weighted by Gasteiger charge is -2.33. The summed E-state index contributed by atoms with van der Waals surface area (Å²) in [4.78, 5) is 2.42. The van der Waals surface area contributed by atoms with Crippen molar-refractivity contribution in [2.75, 3.05) is 13.2 Å². The molecule has 114 valence electrons. The lowest BCUT2D eigenvalue weighted by Crippen LogP contribution is -2.38. The molecule has 1 N–H and O–H groups in total. The second-order valence-electron chi connectivity index (χ2n) is 6.07. The highest BCUT2D eigenvalue weighted by atomic mass is 16.3. The highest BCUT2D eigenvalue weighted by molar-refractivity contribution is 5.81. The summed E-state index contributed by atoms with van der Waals surface area (Å²) in [5.41, 5.74) is 2.31. The number of aliphatic hydroxyl groups is 1. The van der Waals surface area contributed by atoms with Gasteiger partial charge < -0.3 is 5.11 Å². The van der Waals surface area contributed by atoms with Crippen LogP contribution in [0.2, 0.25) is 0 Å². The summed E-state index contributed by atoms with van der Waals surface area (Å²) >= 11 is 0. The van der Waals surface area contributed by atoms with Gasteiger partial charge in [-0.2, -0.15) is 5.10 Å². The first kappa shape index (κ1) is 14.5. The molecule has 2 aromatic rings. The minimum absolute atomic E-state index is 0.223. The molecule has 1 aliphatic rings. The number of aryl methyl sites for hydroxylation is 1. The molecule has 1 saturated carbocycles. The second kappa shape index (κ2) is 6.58. The van der Waals surface area contributed by atoms with Gasteiger partial charge in [-0.3, -0.25) is 9.58 Å². The van der Waals surface area contributed by atoms with E-state index in [0.717, 1.165) is 18.8 Å². The Kier molecular flexibility index (Phi) is 4.56. The van der Waals surface area contributed by atoms with Crippen molar-refractivity contribution in [3.8, 4) is 0 Å². The third kappa shape index (κ3) is 3.11. The number of hydrogen-bond donors (Lipinski definition) is 1. The summed E-state index contributed by atoms with van der Waals surface area (Å²) in [6.45, 7) is 1.81. The molecular weight excluding hydrogens is 262 g/mol. The Morgan fingerprint density at radius 2 is 2.00 bits per heavy atom. The van der Waals surface area contributed by atoms with Crippen LogP contribution >= 0.6 is 0 Å². The lowest BCUT2D eigenvalue weighted by atomic mass is 9.94. The van der Waals surface area contributed by atoms with Crippen LogP contribution in [-0.4, -0.2) is 39.0 Å². The maximum atomic E-state index is 9.40. The number of para-hydroxylation sites is 1. The molecule has 4 nitrogen and oxygen atoms in total. The van der Waals surface area contributed by atoms with Gasteiger partial charge in [0.2, 0.25) is 0 Å². The summed E-state index contributed by atoms with van der Waals surface area (Å²) in [7, 11) is 2.00. The molecule has 0 unspecified atom stereocenters. The predicted octanol–water partition coefficient (Wildman–Crippen LogP) is 2.70. The van der Waals surface area contributed by atoms with Gasteiger partial charge in [-0.25, -0.2) is 0 Å². The maximum absolute atomic E-state index is 9.40. The van der Waals surface area contributed by atoms with Crippen molar-refractivity contribution in [3.05, 3.63) is 30.0 Å². The zero-order valence-electron chi connectivity index (χ0n) is 12.8. The molecule has 0 bridgehead atoms. The van der Waals surface area contributed by atoms with Gasteiger partial charge >= 0.3 is 0 Å². The Morgan fingerprint density at radius 1 is 1.24 bits per heavy atom. The third-order valence-corrected chi connectivity index (χ3v) is 4.67. The van der Waals surface area contributed by atoms with Crippen molar-refractivity contribution in [2.45, 2.75) is 44.7 Å². The fraction of sp³-hybridized carbons (Fsp3) is 0.588. The highest BCUT2D eigenvalue weighted by Gasteiger charge is 2.22. The van der Waals surface area contributed by atoms with Crippen molar-refractivity contribution in [3.63, 3.8) is 0 Å². The van der Waals surface area contributed by atoms with E-state index < -0.39 is 0 Å².